The van der Waals surface area contributed by atoms with E-state index in [2.05, 4.69) is 20.9 Å². The number of rotatable bonds is 5. The maximum absolute atomic E-state index is 13.6. The zero-order chi connectivity index (χ0) is 20.5. The van der Waals surface area contributed by atoms with E-state index in [0.29, 0.717) is 11.7 Å². The van der Waals surface area contributed by atoms with E-state index in [4.69, 9.17) is 16.6 Å². The molecule has 5 nitrogen and oxygen atoms in total. The van der Waals surface area contributed by atoms with Gasteiger partial charge in [0.1, 0.15) is 17.6 Å². The van der Waals surface area contributed by atoms with Gasteiger partial charge < -0.3 is 19.2 Å². The summed E-state index contributed by atoms with van der Waals surface area (Å²) in [6.45, 7) is 0.602. The SMILES string of the molecule is Fc1ccc(N2C(=S)N[C@H](c3ccccn3)[C@H]2c2cccn2Cc2ccco2)cc1. The molecule has 5 rings (SSSR count). The molecule has 2 atom stereocenters. The van der Waals surface area contributed by atoms with Gasteiger partial charge in [0.05, 0.1) is 24.5 Å². The molecule has 0 bridgehead atoms. The molecule has 150 valence electrons. The fraction of sp³-hybridized carbons (Fsp3) is 0.130. The standard InChI is InChI=1S/C23H19FN4OS/c24-16-8-10-17(11-9-16)28-22(21(26-23(28)30)19-6-1-2-12-25-19)20-7-3-13-27(20)15-18-5-4-14-29-18/h1-14,21-22H,15H2,(H,26,30)/t21-,22-/m1/s1. The Hall–Kier alpha value is -3.45. The Bertz CT molecular complexity index is 1140. The van der Waals surface area contributed by atoms with Crippen molar-refractivity contribution in [3.63, 3.8) is 0 Å². The molecule has 1 aliphatic heterocycles. The Kier molecular flexibility index (Phi) is 4.80. The zero-order valence-electron chi connectivity index (χ0n) is 16.0. The van der Waals surface area contributed by atoms with Crippen molar-refractivity contribution in [2.45, 2.75) is 18.6 Å². The Morgan fingerprint density at radius 1 is 1.03 bits per heavy atom. The highest BCUT2D eigenvalue weighted by Gasteiger charge is 2.42. The molecule has 0 unspecified atom stereocenters. The van der Waals surface area contributed by atoms with Crippen LogP contribution in [-0.4, -0.2) is 14.7 Å². The Balaban J connectivity index is 1.60. The minimum absolute atomic E-state index is 0.158. The lowest BCUT2D eigenvalue weighted by atomic mass is 10.0. The van der Waals surface area contributed by atoms with Gasteiger partial charge in [-0.15, -0.1) is 0 Å². The molecule has 1 aliphatic rings. The quantitative estimate of drug-likeness (QED) is 0.470. The van der Waals surface area contributed by atoms with Gasteiger partial charge in [-0.25, -0.2) is 4.39 Å². The third-order valence-electron chi connectivity index (χ3n) is 5.28. The average molecular weight is 418 g/mol. The second kappa shape index (κ2) is 7.76. The summed E-state index contributed by atoms with van der Waals surface area (Å²) in [6, 6.07) is 19.8. The number of thiocarbonyl (C=S) groups is 1. The molecule has 4 heterocycles. The summed E-state index contributed by atoms with van der Waals surface area (Å²) in [5.41, 5.74) is 2.77. The van der Waals surface area contributed by atoms with Gasteiger partial charge in [0.2, 0.25) is 0 Å². The van der Waals surface area contributed by atoms with Gasteiger partial charge in [-0.05, 0) is 72.9 Å². The molecule has 1 N–H and O–H groups in total. The number of halogens is 1. The maximum atomic E-state index is 13.6. The monoisotopic (exact) mass is 418 g/mol. The van der Waals surface area contributed by atoms with Gasteiger partial charge in [0, 0.05) is 23.8 Å². The van der Waals surface area contributed by atoms with E-state index < -0.39 is 0 Å². The fourth-order valence-corrected chi connectivity index (χ4v) is 4.29. The van der Waals surface area contributed by atoms with Crippen molar-refractivity contribution >= 4 is 23.0 Å². The lowest BCUT2D eigenvalue weighted by Crippen LogP contribution is -2.30. The Morgan fingerprint density at radius 2 is 1.90 bits per heavy atom. The molecular formula is C23H19FN4OS. The third kappa shape index (κ3) is 3.37. The van der Waals surface area contributed by atoms with E-state index >= 15 is 0 Å². The summed E-state index contributed by atoms with van der Waals surface area (Å²) >= 11 is 5.71. The highest BCUT2D eigenvalue weighted by molar-refractivity contribution is 7.80. The molecule has 30 heavy (non-hydrogen) atoms. The van der Waals surface area contributed by atoms with Crippen LogP contribution in [0.3, 0.4) is 0 Å². The lowest BCUT2D eigenvalue weighted by molar-refractivity contribution is 0.475. The molecule has 0 radical (unpaired) electrons. The molecule has 0 saturated carbocycles. The first-order valence-corrected chi connectivity index (χ1v) is 10.1. The lowest BCUT2D eigenvalue weighted by Gasteiger charge is -2.28. The predicted molar refractivity (Wildman–Crippen MR) is 117 cm³/mol. The normalized spacial score (nSPS) is 18.6. The van der Waals surface area contributed by atoms with E-state index in [-0.39, 0.29) is 17.9 Å². The molecule has 0 amide bonds. The summed E-state index contributed by atoms with van der Waals surface area (Å²) in [6.07, 6.45) is 5.48. The average Bonchev–Trinajstić information content (AvgIpc) is 3.50. The highest BCUT2D eigenvalue weighted by Crippen LogP contribution is 2.41. The van der Waals surface area contributed by atoms with E-state index in [1.807, 2.05) is 47.5 Å². The summed E-state index contributed by atoms with van der Waals surface area (Å²) in [5, 5.41) is 4.00. The number of anilines is 1. The smallest absolute Gasteiger partial charge is 0.174 e. The first kappa shape index (κ1) is 18.6. The number of furan rings is 1. The topological polar surface area (TPSA) is 46.2 Å². The van der Waals surface area contributed by atoms with E-state index in [0.717, 1.165) is 22.8 Å². The number of hydrogen-bond donors (Lipinski definition) is 1. The van der Waals surface area contributed by atoms with Crippen LogP contribution in [0, 0.1) is 5.82 Å². The number of hydrogen-bond acceptors (Lipinski definition) is 3. The van der Waals surface area contributed by atoms with Crippen LogP contribution in [0.1, 0.15) is 29.2 Å². The van der Waals surface area contributed by atoms with Gasteiger partial charge in [-0.3, -0.25) is 4.98 Å². The number of nitrogens with one attached hydrogen (secondary N) is 1. The molecule has 7 heteroatoms. The van der Waals surface area contributed by atoms with Gasteiger partial charge in [-0.1, -0.05) is 6.07 Å². The number of nitrogens with zero attached hydrogens (tertiary/aromatic N) is 3. The van der Waals surface area contributed by atoms with Crippen LogP contribution < -0.4 is 10.2 Å². The number of benzene rings is 1. The van der Waals surface area contributed by atoms with Crippen molar-refractivity contribution in [1.29, 1.82) is 0 Å². The Labute approximate surface area is 178 Å². The van der Waals surface area contributed by atoms with Crippen LogP contribution in [0.25, 0.3) is 0 Å². The fourth-order valence-electron chi connectivity index (χ4n) is 3.95. The molecule has 0 aliphatic carbocycles. The second-order valence-electron chi connectivity index (χ2n) is 7.11. The highest BCUT2D eigenvalue weighted by atomic mass is 32.1. The van der Waals surface area contributed by atoms with Gasteiger partial charge in [-0.2, -0.15) is 0 Å². The van der Waals surface area contributed by atoms with E-state index in [9.17, 15) is 4.39 Å². The molecule has 0 spiro atoms. The molecule has 1 saturated heterocycles. The van der Waals surface area contributed by atoms with Gasteiger partial charge in [0.15, 0.2) is 5.11 Å². The minimum Gasteiger partial charge on any atom is -0.467 e. The van der Waals surface area contributed by atoms with Crippen LogP contribution in [0.15, 0.2) is 89.8 Å². The number of pyridine rings is 1. The molecular weight excluding hydrogens is 399 g/mol. The minimum atomic E-state index is -0.282. The largest absolute Gasteiger partial charge is 0.467 e. The first-order valence-electron chi connectivity index (χ1n) is 9.64. The van der Waals surface area contributed by atoms with E-state index in [1.54, 1.807) is 24.6 Å². The first-order chi connectivity index (χ1) is 14.7. The van der Waals surface area contributed by atoms with Crippen molar-refractivity contribution in [1.82, 2.24) is 14.9 Å². The van der Waals surface area contributed by atoms with Crippen molar-refractivity contribution < 1.29 is 8.81 Å². The van der Waals surface area contributed by atoms with Crippen LogP contribution in [-0.2, 0) is 6.54 Å². The van der Waals surface area contributed by atoms with Gasteiger partial charge in [0.25, 0.3) is 0 Å². The van der Waals surface area contributed by atoms with Crippen LogP contribution >= 0.6 is 12.2 Å². The van der Waals surface area contributed by atoms with Crippen molar-refractivity contribution in [2.24, 2.45) is 0 Å². The van der Waals surface area contributed by atoms with E-state index in [1.165, 1.54) is 12.1 Å². The third-order valence-corrected chi connectivity index (χ3v) is 5.59. The summed E-state index contributed by atoms with van der Waals surface area (Å²) < 4.78 is 21.3. The van der Waals surface area contributed by atoms with Crippen molar-refractivity contribution in [2.75, 3.05) is 4.90 Å². The van der Waals surface area contributed by atoms with Crippen LogP contribution in [0.5, 0.6) is 0 Å². The predicted octanol–water partition coefficient (Wildman–Crippen LogP) is 4.84. The summed E-state index contributed by atoms with van der Waals surface area (Å²) in [7, 11) is 0. The summed E-state index contributed by atoms with van der Waals surface area (Å²) in [5.74, 6) is 0.583. The molecule has 1 aromatic carbocycles. The Morgan fingerprint density at radius 3 is 2.63 bits per heavy atom. The van der Waals surface area contributed by atoms with Crippen molar-refractivity contribution in [3.05, 3.63) is 108 Å². The molecule has 3 aromatic heterocycles. The van der Waals surface area contributed by atoms with Crippen molar-refractivity contribution in [3.8, 4) is 0 Å². The van der Waals surface area contributed by atoms with Crippen LogP contribution in [0.2, 0.25) is 0 Å². The zero-order valence-corrected chi connectivity index (χ0v) is 16.8. The summed E-state index contributed by atoms with van der Waals surface area (Å²) in [4.78, 5) is 6.60. The molecule has 1 fully saturated rings. The van der Waals surface area contributed by atoms with Gasteiger partial charge >= 0.3 is 0 Å². The number of aromatic nitrogens is 2. The molecule has 4 aromatic rings. The maximum Gasteiger partial charge on any atom is 0.174 e. The second-order valence-corrected chi connectivity index (χ2v) is 7.50. The van der Waals surface area contributed by atoms with Crippen LogP contribution in [0.4, 0.5) is 10.1 Å².